The lowest BCUT2D eigenvalue weighted by Crippen LogP contribution is -1.99. The molecule has 29 heavy (non-hydrogen) atoms. The van der Waals surface area contributed by atoms with Crippen LogP contribution in [0, 0.1) is 11.6 Å². The van der Waals surface area contributed by atoms with Crippen LogP contribution < -0.4 is 14.2 Å². The van der Waals surface area contributed by atoms with Gasteiger partial charge in [0.25, 0.3) is 0 Å². The van der Waals surface area contributed by atoms with Gasteiger partial charge in [-0.1, -0.05) is 6.07 Å². The van der Waals surface area contributed by atoms with Gasteiger partial charge in [-0.05, 0) is 35.9 Å². The maximum absolute atomic E-state index is 14.2. The van der Waals surface area contributed by atoms with Crippen LogP contribution in [0.5, 0.6) is 17.2 Å². The summed E-state index contributed by atoms with van der Waals surface area (Å²) in [5, 5.41) is 0. The molecule has 0 bridgehead atoms. The zero-order valence-corrected chi connectivity index (χ0v) is 16.1. The van der Waals surface area contributed by atoms with Crippen LogP contribution in [0.4, 0.5) is 8.78 Å². The second-order valence-electron chi connectivity index (χ2n) is 6.33. The molecule has 0 radical (unpaired) electrons. The van der Waals surface area contributed by atoms with E-state index in [1.165, 1.54) is 27.4 Å². The Morgan fingerprint density at radius 1 is 0.828 bits per heavy atom. The number of fused-ring (bicyclic) bond motifs is 1. The summed E-state index contributed by atoms with van der Waals surface area (Å²) < 4.78 is 45.9. The van der Waals surface area contributed by atoms with E-state index in [9.17, 15) is 8.78 Å². The molecule has 0 N–H and O–H groups in total. The number of imidazole rings is 1. The highest BCUT2D eigenvalue weighted by Crippen LogP contribution is 2.40. The van der Waals surface area contributed by atoms with Gasteiger partial charge in [0.05, 0.1) is 38.1 Å². The predicted molar refractivity (Wildman–Crippen MR) is 106 cm³/mol. The summed E-state index contributed by atoms with van der Waals surface area (Å²) in [5.74, 6) is 0.474. The number of ether oxygens (including phenoxy) is 3. The number of nitrogens with zero attached hydrogens (tertiary/aromatic N) is 2. The number of rotatable bonds is 5. The summed E-state index contributed by atoms with van der Waals surface area (Å²) in [7, 11) is 4.61. The van der Waals surface area contributed by atoms with Gasteiger partial charge in [0.2, 0.25) is 5.75 Å². The van der Waals surface area contributed by atoms with E-state index in [1.807, 2.05) is 4.57 Å². The molecule has 0 saturated carbocycles. The Morgan fingerprint density at radius 3 is 2.21 bits per heavy atom. The van der Waals surface area contributed by atoms with Crippen LogP contribution in [-0.4, -0.2) is 30.9 Å². The van der Waals surface area contributed by atoms with Crippen molar-refractivity contribution in [1.82, 2.24) is 9.55 Å². The van der Waals surface area contributed by atoms with Crippen molar-refractivity contribution in [2.24, 2.45) is 0 Å². The van der Waals surface area contributed by atoms with Gasteiger partial charge in [-0.3, -0.25) is 4.57 Å². The summed E-state index contributed by atoms with van der Waals surface area (Å²) in [5.41, 5.74) is 2.88. The number of aromatic nitrogens is 2. The topological polar surface area (TPSA) is 45.5 Å². The van der Waals surface area contributed by atoms with Crippen molar-refractivity contribution < 1.29 is 23.0 Å². The third-order valence-corrected chi connectivity index (χ3v) is 4.71. The molecule has 0 aliphatic carbocycles. The fourth-order valence-corrected chi connectivity index (χ4v) is 3.31. The molecule has 4 rings (SSSR count). The summed E-state index contributed by atoms with van der Waals surface area (Å²) >= 11 is 0. The minimum absolute atomic E-state index is 0.185. The van der Waals surface area contributed by atoms with Crippen LogP contribution in [0.2, 0.25) is 0 Å². The number of methoxy groups -OCH3 is 3. The number of hydrogen-bond acceptors (Lipinski definition) is 4. The average molecular weight is 396 g/mol. The quantitative estimate of drug-likeness (QED) is 0.476. The van der Waals surface area contributed by atoms with E-state index in [0.29, 0.717) is 28.3 Å². The molecule has 0 fully saturated rings. The third kappa shape index (κ3) is 3.24. The second-order valence-corrected chi connectivity index (χ2v) is 6.33. The molecular weight excluding hydrogens is 378 g/mol. The molecule has 7 heteroatoms. The van der Waals surface area contributed by atoms with Crippen LogP contribution >= 0.6 is 0 Å². The molecule has 1 aromatic heterocycles. The largest absolute Gasteiger partial charge is 0.493 e. The average Bonchev–Trinajstić information content (AvgIpc) is 3.17. The van der Waals surface area contributed by atoms with E-state index in [4.69, 9.17) is 14.2 Å². The first-order valence-electron chi connectivity index (χ1n) is 8.78. The number of halogens is 2. The SMILES string of the molecule is COc1cc(-n2cnc3ccc(-c4cc(F)ccc4F)cc32)cc(OC)c1OC. The molecule has 0 atom stereocenters. The van der Waals surface area contributed by atoms with E-state index in [0.717, 1.165) is 23.3 Å². The normalized spacial score (nSPS) is 10.9. The van der Waals surface area contributed by atoms with Gasteiger partial charge < -0.3 is 14.2 Å². The lowest BCUT2D eigenvalue weighted by Gasteiger charge is -2.15. The first-order valence-corrected chi connectivity index (χ1v) is 8.78. The zero-order chi connectivity index (χ0) is 20.5. The molecule has 0 saturated heterocycles. The van der Waals surface area contributed by atoms with Crippen molar-refractivity contribution in [3.8, 4) is 34.1 Å². The van der Waals surface area contributed by atoms with Crippen LogP contribution in [0.25, 0.3) is 27.8 Å². The Labute approximate surface area is 166 Å². The van der Waals surface area contributed by atoms with Gasteiger partial charge >= 0.3 is 0 Å². The smallest absolute Gasteiger partial charge is 0.203 e. The fraction of sp³-hybridized carbons (Fsp3) is 0.136. The van der Waals surface area contributed by atoms with Crippen molar-refractivity contribution in [3.63, 3.8) is 0 Å². The van der Waals surface area contributed by atoms with E-state index in [1.54, 1.807) is 36.7 Å². The summed E-state index contributed by atoms with van der Waals surface area (Å²) in [4.78, 5) is 4.41. The van der Waals surface area contributed by atoms with Crippen molar-refractivity contribution in [1.29, 1.82) is 0 Å². The third-order valence-electron chi connectivity index (χ3n) is 4.71. The van der Waals surface area contributed by atoms with Crippen molar-refractivity contribution in [2.75, 3.05) is 21.3 Å². The zero-order valence-electron chi connectivity index (χ0n) is 16.1. The molecule has 0 aliphatic heterocycles. The highest BCUT2D eigenvalue weighted by atomic mass is 19.1. The molecule has 4 aromatic rings. The maximum atomic E-state index is 14.2. The van der Waals surface area contributed by atoms with E-state index in [2.05, 4.69) is 4.98 Å². The van der Waals surface area contributed by atoms with Gasteiger partial charge in [-0.25, -0.2) is 13.8 Å². The monoisotopic (exact) mass is 396 g/mol. The second kappa shape index (κ2) is 7.43. The highest BCUT2D eigenvalue weighted by Gasteiger charge is 2.16. The molecule has 3 aromatic carbocycles. The first kappa shape index (κ1) is 18.7. The lowest BCUT2D eigenvalue weighted by molar-refractivity contribution is 0.324. The summed E-state index contributed by atoms with van der Waals surface area (Å²) in [6, 6.07) is 12.2. The van der Waals surface area contributed by atoms with Crippen LogP contribution in [0.3, 0.4) is 0 Å². The molecule has 0 amide bonds. The Balaban J connectivity index is 1.91. The van der Waals surface area contributed by atoms with E-state index in [-0.39, 0.29) is 5.56 Å². The Morgan fingerprint density at radius 2 is 1.55 bits per heavy atom. The first-order chi connectivity index (χ1) is 14.0. The number of benzene rings is 3. The molecular formula is C22H18F2N2O3. The lowest BCUT2D eigenvalue weighted by atomic mass is 10.0. The van der Waals surface area contributed by atoms with E-state index >= 15 is 0 Å². The molecule has 1 heterocycles. The fourth-order valence-electron chi connectivity index (χ4n) is 3.31. The van der Waals surface area contributed by atoms with Gasteiger partial charge in [0, 0.05) is 17.7 Å². The molecule has 0 aliphatic rings. The standard InChI is InChI=1S/C22H18F2N2O3/c1-27-20-10-15(11-21(28-2)22(20)29-3)26-12-25-18-7-4-13(8-19(18)26)16-9-14(23)5-6-17(16)24/h4-12H,1-3H3. The van der Waals surface area contributed by atoms with E-state index < -0.39 is 11.6 Å². The molecule has 0 spiro atoms. The Hall–Kier alpha value is -3.61. The van der Waals surface area contributed by atoms with Crippen LogP contribution in [-0.2, 0) is 0 Å². The summed E-state index contributed by atoms with van der Waals surface area (Å²) in [6.07, 6.45) is 1.65. The molecule has 5 nitrogen and oxygen atoms in total. The van der Waals surface area contributed by atoms with Gasteiger partial charge in [-0.2, -0.15) is 0 Å². The van der Waals surface area contributed by atoms with Crippen molar-refractivity contribution >= 4 is 11.0 Å². The molecule has 0 unspecified atom stereocenters. The molecule has 148 valence electrons. The maximum Gasteiger partial charge on any atom is 0.203 e. The van der Waals surface area contributed by atoms with Gasteiger partial charge in [-0.15, -0.1) is 0 Å². The van der Waals surface area contributed by atoms with Crippen molar-refractivity contribution in [3.05, 3.63) is 66.5 Å². The van der Waals surface area contributed by atoms with Gasteiger partial charge in [0.1, 0.15) is 18.0 Å². The Bertz CT molecular complexity index is 1180. The Kier molecular flexibility index (Phi) is 4.80. The predicted octanol–water partition coefficient (Wildman–Crippen LogP) is 5.00. The minimum Gasteiger partial charge on any atom is -0.493 e. The van der Waals surface area contributed by atoms with Crippen LogP contribution in [0.1, 0.15) is 0 Å². The van der Waals surface area contributed by atoms with Gasteiger partial charge in [0.15, 0.2) is 11.5 Å². The number of hydrogen-bond donors (Lipinski definition) is 0. The van der Waals surface area contributed by atoms with Crippen LogP contribution in [0.15, 0.2) is 54.9 Å². The minimum atomic E-state index is -0.500. The summed E-state index contributed by atoms with van der Waals surface area (Å²) in [6.45, 7) is 0. The highest BCUT2D eigenvalue weighted by molar-refractivity contribution is 5.84. The van der Waals surface area contributed by atoms with Crippen molar-refractivity contribution in [2.45, 2.75) is 0 Å².